The normalized spacial score (nSPS) is 13.3. The summed E-state index contributed by atoms with van der Waals surface area (Å²) < 4.78 is 0. The van der Waals surface area contributed by atoms with Crippen molar-refractivity contribution in [3.63, 3.8) is 0 Å². The zero-order valence-corrected chi connectivity index (χ0v) is 12.3. The first-order valence-electron chi connectivity index (χ1n) is 6.70. The van der Waals surface area contributed by atoms with Gasteiger partial charge in [0.1, 0.15) is 0 Å². The summed E-state index contributed by atoms with van der Waals surface area (Å²) in [6.07, 6.45) is 5.17. The summed E-state index contributed by atoms with van der Waals surface area (Å²) in [4.78, 5) is 2.38. The smallest absolute Gasteiger partial charge is 0.0443 e. The Morgan fingerprint density at radius 3 is 2.50 bits per heavy atom. The largest absolute Gasteiger partial charge is 0.339 e. The number of anilines is 1. The van der Waals surface area contributed by atoms with Crippen LogP contribution < -0.4 is 4.90 Å². The summed E-state index contributed by atoms with van der Waals surface area (Å²) in [6.45, 7) is 14.8. The molecule has 1 unspecified atom stereocenters. The average Bonchev–Trinajstić information content (AvgIpc) is 2.36. The van der Waals surface area contributed by atoms with Gasteiger partial charge < -0.3 is 4.90 Å². The predicted molar refractivity (Wildman–Crippen MR) is 82.1 cm³/mol. The number of allylic oxidation sites excluding steroid dienone is 2. The molecule has 0 aromatic heterocycles. The van der Waals surface area contributed by atoms with E-state index in [0.29, 0.717) is 6.04 Å². The van der Waals surface area contributed by atoms with Crippen molar-refractivity contribution in [1.82, 2.24) is 0 Å². The number of benzene rings is 1. The highest BCUT2D eigenvalue weighted by atomic mass is 15.2. The molecule has 1 rings (SSSR count). The van der Waals surface area contributed by atoms with Crippen molar-refractivity contribution < 1.29 is 0 Å². The molecule has 18 heavy (non-hydrogen) atoms. The molecule has 0 aliphatic rings. The van der Waals surface area contributed by atoms with Crippen LogP contribution in [-0.2, 0) is 0 Å². The van der Waals surface area contributed by atoms with E-state index in [2.05, 4.69) is 70.4 Å². The van der Waals surface area contributed by atoms with Gasteiger partial charge in [-0.2, -0.15) is 0 Å². The summed E-state index contributed by atoms with van der Waals surface area (Å²) in [5.41, 5.74) is 5.08. The average molecular weight is 243 g/mol. The van der Waals surface area contributed by atoms with Crippen LogP contribution in [0.4, 0.5) is 5.69 Å². The van der Waals surface area contributed by atoms with Crippen molar-refractivity contribution in [2.45, 2.75) is 47.1 Å². The summed E-state index contributed by atoms with van der Waals surface area (Å²) in [7, 11) is 0. The van der Waals surface area contributed by atoms with Crippen LogP contribution in [0.2, 0.25) is 0 Å². The number of hydrogen-bond acceptors (Lipinski definition) is 1. The molecule has 0 heterocycles. The molecule has 0 bridgehead atoms. The van der Waals surface area contributed by atoms with Crippen molar-refractivity contribution >= 4 is 5.69 Å². The Hall–Kier alpha value is -1.50. The van der Waals surface area contributed by atoms with Crippen LogP contribution in [0.3, 0.4) is 0 Å². The molecule has 1 aromatic carbocycles. The highest BCUT2D eigenvalue weighted by Gasteiger charge is 2.17. The van der Waals surface area contributed by atoms with E-state index in [1.54, 1.807) is 0 Å². The van der Waals surface area contributed by atoms with E-state index < -0.39 is 0 Å². The molecule has 0 radical (unpaired) electrons. The molecule has 0 N–H and O–H groups in total. The van der Waals surface area contributed by atoms with Gasteiger partial charge in [-0.05, 0) is 51.8 Å². The number of hydrogen-bond donors (Lipinski definition) is 0. The van der Waals surface area contributed by atoms with Crippen LogP contribution in [-0.4, -0.2) is 6.04 Å². The maximum absolute atomic E-state index is 3.93. The molecule has 0 fully saturated rings. The summed E-state index contributed by atoms with van der Waals surface area (Å²) >= 11 is 0. The Morgan fingerprint density at radius 2 is 2.06 bits per heavy atom. The second-order valence-corrected chi connectivity index (χ2v) is 4.83. The van der Waals surface area contributed by atoms with Crippen LogP contribution in [0.15, 0.2) is 42.6 Å². The number of aryl methyl sites for hydroxylation is 2. The quantitative estimate of drug-likeness (QED) is 0.658. The summed E-state index contributed by atoms with van der Waals surface area (Å²) in [6, 6.07) is 7.09. The molecule has 1 nitrogen and oxygen atoms in total. The first-order valence-corrected chi connectivity index (χ1v) is 6.70. The van der Waals surface area contributed by atoms with E-state index in [1.807, 2.05) is 6.08 Å². The van der Waals surface area contributed by atoms with Crippen molar-refractivity contribution in [3.05, 3.63) is 53.8 Å². The van der Waals surface area contributed by atoms with Gasteiger partial charge in [-0.25, -0.2) is 0 Å². The molecule has 1 heteroatoms. The fourth-order valence-electron chi connectivity index (χ4n) is 2.24. The van der Waals surface area contributed by atoms with Crippen LogP contribution in [0.5, 0.6) is 0 Å². The maximum atomic E-state index is 3.93. The van der Waals surface area contributed by atoms with E-state index in [0.717, 1.165) is 6.42 Å². The minimum absolute atomic E-state index is 0.468. The van der Waals surface area contributed by atoms with Crippen molar-refractivity contribution in [2.75, 3.05) is 4.90 Å². The van der Waals surface area contributed by atoms with Crippen molar-refractivity contribution in [2.24, 2.45) is 0 Å². The molecule has 0 aliphatic carbocycles. The highest BCUT2D eigenvalue weighted by Crippen LogP contribution is 2.28. The second-order valence-electron chi connectivity index (χ2n) is 4.83. The maximum Gasteiger partial charge on any atom is 0.0443 e. The molecule has 98 valence electrons. The lowest BCUT2D eigenvalue weighted by atomic mass is 10.1. The lowest BCUT2D eigenvalue weighted by Crippen LogP contribution is -2.31. The Bertz CT molecular complexity index is 443. The molecule has 0 saturated carbocycles. The van der Waals surface area contributed by atoms with Crippen LogP contribution >= 0.6 is 0 Å². The van der Waals surface area contributed by atoms with E-state index >= 15 is 0 Å². The van der Waals surface area contributed by atoms with Gasteiger partial charge in [0.15, 0.2) is 0 Å². The summed E-state index contributed by atoms with van der Waals surface area (Å²) in [5, 5.41) is 0. The van der Waals surface area contributed by atoms with Crippen molar-refractivity contribution in [3.8, 4) is 0 Å². The third kappa shape index (κ3) is 3.04. The third-order valence-corrected chi connectivity index (χ3v) is 3.43. The monoisotopic (exact) mass is 243 g/mol. The van der Waals surface area contributed by atoms with Gasteiger partial charge >= 0.3 is 0 Å². The zero-order valence-electron chi connectivity index (χ0n) is 12.3. The molecule has 0 saturated heterocycles. The van der Waals surface area contributed by atoms with Gasteiger partial charge in [-0.15, -0.1) is 0 Å². The van der Waals surface area contributed by atoms with E-state index in [1.165, 1.54) is 22.5 Å². The first kappa shape index (κ1) is 14.6. The molecular weight excluding hydrogens is 218 g/mol. The lowest BCUT2D eigenvalue weighted by molar-refractivity contribution is 0.669. The Balaban J connectivity index is 3.29. The minimum atomic E-state index is 0.468. The number of rotatable bonds is 5. The molecule has 1 aromatic rings. The Kier molecular flexibility index (Phi) is 5.21. The fourth-order valence-corrected chi connectivity index (χ4v) is 2.24. The van der Waals surface area contributed by atoms with Gasteiger partial charge in [0.05, 0.1) is 0 Å². The van der Waals surface area contributed by atoms with Crippen molar-refractivity contribution in [1.29, 1.82) is 0 Å². The molecule has 1 atom stereocenters. The van der Waals surface area contributed by atoms with E-state index in [9.17, 15) is 0 Å². The second kappa shape index (κ2) is 6.44. The standard InChI is InChI=1S/C17H25N/c1-7-15(6)18(16(8-2)9-3)17-11-10-13(4)12-14(17)5/h8-12,15H,2,7H2,1,3-6H3/b16-9+. The van der Waals surface area contributed by atoms with E-state index in [-0.39, 0.29) is 0 Å². The molecular formula is C17H25N. The number of nitrogens with zero attached hydrogens (tertiary/aromatic N) is 1. The first-order chi connectivity index (χ1) is 8.54. The molecule has 0 spiro atoms. The SMILES string of the molecule is C=C/C(=C\C)N(c1ccc(C)cc1C)C(C)CC. The Labute approximate surface area is 112 Å². The fraction of sp³-hybridized carbons (Fsp3) is 0.412. The van der Waals surface area contributed by atoms with Gasteiger partial charge in [-0.3, -0.25) is 0 Å². The highest BCUT2D eigenvalue weighted by molar-refractivity contribution is 5.60. The van der Waals surface area contributed by atoms with Crippen LogP contribution in [0.25, 0.3) is 0 Å². The van der Waals surface area contributed by atoms with E-state index in [4.69, 9.17) is 0 Å². The molecule has 0 amide bonds. The van der Waals surface area contributed by atoms with Gasteiger partial charge in [0.2, 0.25) is 0 Å². The zero-order chi connectivity index (χ0) is 13.7. The van der Waals surface area contributed by atoms with Gasteiger partial charge in [-0.1, -0.05) is 37.3 Å². The van der Waals surface area contributed by atoms with Crippen LogP contribution in [0.1, 0.15) is 38.3 Å². The van der Waals surface area contributed by atoms with Gasteiger partial charge in [0, 0.05) is 17.4 Å². The summed E-state index contributed by atoms with van der Waals surface area (Å²) in [5.74, 6) is 0. The lowest BCUT2D eigenvalue weighted by Gasteiger charge is -2.33. The minimum Gasteiger partial charge on any atom is -0.339 e. The molecule has 0 aliphatic heterocycles. The topological polar surface area (TPSA) is 3.24 Å². The van der Waals surface area contributed by atoms with Crippen LogP contribution in [0, 0.1) is 13.8 Å². The Morgan fingerprint density at radius 1 is 1.39 bits per heavy atom. The predicted octanol–water partition coefficient (Wildman–Crippen LogP) is 5.00. The third-order valence-electron chi connectivity index (χ3n) is 3.43. The van der Waals surface area contributed by atoms with Gasteiger partial charge in [0.25, 0.3) is 0 Å².